The maximum Gasteiger partial charge on any atom is 0.157 e. The van der Waals surface area contributed by atoms with Gasteiger partial charge >= 0.3 is 0 Å². The minimum atomic E-state index is -0.0351. The Morgan fingerprint density at radius 1 is 0.520 bits per heavy atom. The van der Waals surface area contributed by atoms with Crippen molar-refractivity contribution < 1.29 is 28.4 Å². The zero-order valence-electron chi connectivity index (χ0n) is 15.4. The van der Waals surface area contributed by atoms with Crippen LogP contribution in [0.3, 0.4) is 0 Å². The number of hydrogen-bond donors (Lipinski definition) is 0. The Hall–Kier alpha value is -0.240. The van der Waals surface area contributed by atoms with Gasteiger partial charge in [-0.1, -0.05) is 0 Å². The summed E-state index contributed by atoms with van der Waals surface area (Å²) in [5.74, 6) is 0. The molecular weight excluding hydrogens is 324 g/mol. The van der Waals surface area contributed by atoms with E-state index in [0.717, 1.165) is 58.2 Å². The lowest BCUT2D eigenvalue weighted by molar-refractivity contribution is -0.180. The van der Waals surface area contributed by atoms with E-state index >= 15 is 0 Å². The first-order chi connectivity index (χ1) is 12.4. The Labute approximate surface area is 151 Å². The van der Waals surface area contributed by atoms with Crippen LogP contribution in [0.4, 0.5) is 0 Å². The van der Waals surface area contributed by atoms with E-state index in [1.54, 1.807) is 0 Å². The van der Waals surface area contributed by atoms with Crippen molar-refractivity contribution in [2.75, 3.05) is 39.6 Å². The van der Waals surface area contributed by atoms with Crippen LogP contribution in [0.1, 0.15) is 57.8 Å². The van der Waals surface area contributed by atoms with Crippen molar-refractivity contribution in [3.8, 4) is 0 Å². The zero-order chi connectivity index (χ0) is 17.2. The van der Waals surface area contributed by atoms with Gasteiger partial charge in [-0.05, 0) is 57.8 Å². The van der Waals surface area contributed by atoms with Gasteiger partial charge in [-0.2, -0.15) is 0 Å². The molecule has 6 heteroatoms. The Bertz CT molecular complexity index is 309. The zero-order valence-corrected chi connectivity index (χ0v) is 15.4. The van der Waals surface area contributed by atoms with Crippen molar-refractivity contribution in [1.29, 1.82) is 0 Å². The average molecular weight is 358 g/mol. The van der Waals surface area contributed by atoms with Gasteiger partial charge in [0, 0.05) is 13.2 Å². The number of rotatable bonds is 10. The van der Waals surface area contributed by atoms with Crippen LogP contribution in [0, 0.1) is 0 Å². The molecule has 4 atom stereocenters. The second-order valence-corrected chi connectivity index (χ2v) is 7.08. The molecule has 0 radical (unpaired) electrons. The fraction of sp³-hybridized carbons (Fsp3) is 1.00. The second kappa shape index (κ2) is 11.5. The lowest BCUT2D eigenvalue weighted by atomic mass is 10.2. The lowest BCUT2D eigenvalue weighted by Gasteiger charge is -2.25. The van der Waals surface area contributed by atoms with Crippen molar-refractivity contribution in [3.63, 3.8) is 0 Å². The Morgan fingerprint density at radius 3 is 1.44 bits per heavy atom. The summed E-state index contributed by atoms with van der Waals surface area (Å²) in [5, 5.41) is 0. The highest BCUT2D eigenvalue weighted by Crippen LogP contribution is 2.25. The quantitative estimate of drug-likeness (QED) is 0.560. The summed E-state index contributed by atoms with van der Waals surface area (Å²) in [7, 11) is 0. The first-order valence-electron chi connectivity index (χ1n) is 10.1. The topological polar surface area (TPSA) is 55.4 Å². The first-order valence-corrected chi connectivity index (χ1v) is 10.1. The summed E-state index contributed by atoms with van der Waals surface area (Å²) in [6, 6.07) is 0. The van der Waals surface area contributed by atoms with Crippen LogP contribution in [-0.4, -0.2) is 64.4 Å². The van der Waals surface area contributed by atoms with Crippen molar-refractivity contribution in [1.82, 2.24) is 0 Å². The minimum absolute atomic E-state index is 0.0351. The van der Waals surface area contributed by atoms with Crippen molar-refractivity contribution >= 4 is 0 Å². The van der Waals surface area contributed by atoms with Crippen molar-refractivity contribution in [2.24, 2.45) is 0 Å². The molecular formula is C19H34O6. The third-order valence-corrected chi connectivity index (χ3v) is 5.11. The van der Waals surface area contributed by atoms with Crippen LogP contribution in [0.15, 0.2) is 0 Å². The van der Waals surface area contributed by atoms with Crippen LogP contribution in [-0.2, 0) is 28.4 Å². The standard InChI is InChI=1S/C19H34O6/c1-3-10-22-18(8-1)24-14-12-20-16-6-5-7-17(16)21-13-15-25-19-9-2-4-11-23-19/h16-19H,1-15H2/t16-,17-,18?,19?/m1/s1. The molecule has 0 aromatic carbocycles. The van der Waals surface area contributed by atoms with Crippen molar-refractivity contribution in [2.45, 2.75) is 82.6 Å². The molecule has 3 rings (SSSR count). The average Bonchev–Trinajstić information content (AvgIpc) is 3.11. The highest BCUT2D eigenvalue weighted by atomic mass is 16.7. The van der Waals surface area contributed by atoms with E-state index in [-0.39, 0.29) is 24.8 Å². The molecule has 0 aromatic rings. The maximum absolute atomic E-state index is 5.98. The number of ether oxygens (including phenoxy) is 6. The third-order valence-electron chi connectivity index (χ3n) is 5.11. The van der Waals surface area contributed by atoms with Crippen molar-refractivity contribution in [3.05, 3.63) is 0 Å². The Morgan fingerprint density at radius 2 is 1.00 bits per heavy atom. The molecule has 0 N–H and O–H groups in total. The normalized spacial score (nSPS) is 33.6. The van der Waals surface area contributed by atoms with E-state index in [0.29, 0.717) is 26.4 Å². The van der Waals surface area contributed by atoms with E-state index in [1.807, 2.05) is 0 Å². The van der Waals surface area contributed by atoms with E-state index < -0.39 is 0 Å². The number of hydrogen-bond acceptors (Lipinski definition) is 6. The van der Waals surface area contributed by atoms with Crippen LogP contribution in [0.5, 0.6) is 0 Å². The van der Waals surface area contributed by atoms with Gasteiger partial charge in [-0.15, -0.1) is 0 Å². The van der Waals surface area contributed by atoms with E-state index in [9.17, 15) is 0 Å². The highest BCUT2D eigenvalue weighted by Gasteiger charge is 2.29. The largest absolute Gasteiger partial charge is 0.373 e. The third kappa shape index (κ3) is 7.12. The lowest BCUT2D eigenvalue weighted by Crippen LogP contribution is -2.30. The molecule has 1 aliphatic carbocycles. The van der Waals surface area contributed by atoms with E-state index in [2.05, 4.69) is 0 Å². The molecule has 2 heterocycles. The van der Waals surface area contributed by atoms with Gasteiger partial charge in [0.1, 0.15) is 0 Å². The Kier molecular flexibility index (Phi) is 8.95. The molecule has 0 bridgehead atoms. The monoisotopic (exact) mass is 358 g/mol. The van der Waals surface area contributed by atoms with Crippen LogP contribution in [0.2, 0.25) is 0 Å². The molecule has 0 aromatic heterocycles. The molecule has 2 aliphatic heterocycles. The van der Waals surface area contributed by atoms with Crippen LogP contribution < -0.4 is 0 Å². The maximum atomic E-state index is 5.98. The molecule has 0 amide bonds. The fourth-order valence-electron chi connectivity index (χ4n) is 3.72. The SMILES string of the molecule is C1CCC(OCCO[C@@H]2CCC[C@H]2OCCOC2CCCCO2)OC1. The fourth-order valence-corrected chi connectivity index (χ4v) is 3.72. The second-order valence-electron chi connectivity index (χ2n) is 7.08. The van der Waals surface area contributed by atoms with Gasteiger partial charge in [0.05, 0.1) is 38.6 Å². The van der Waals surface area contributed by atoms with Gasteiger partial charge in [-0.3, -0.25) is 0 Å². The molecule has 0 spiro atoms. The van der Waals surface area contributed by atoms with Gasteiger partial charge in [0.2, 0.25) is 0 Å². The smallest absolute Gasteiger partial charge is 0.157 e. The molecule has 146 valence electrons. The molecule has 1 saturated carbocycles. The summed E-state index contributed by atoms with van der Waals surface area (Å²) < 4.78 is 34.5. The van der Waals surface area contributed by atoms with E-state index in [1.165, 1.54) is 12.8 Å². The first kappa shape index (κ1) is 19.5. The van der Waals surface area contributed by atoms with Gasteiger partial charge in [0.15, 0.2) is 12.6 Å². The molecule has 6 nitrogen and oxygen atoms in total. The highest BCUT2D eigenvalue weighted by molar-refractivity contribution is 4.79. The van der Waals surface area contributed by atoms with Crippen LogP contribution in [0.25, 0.3) is 0 Å². The summed E-state index contributed by atoms with van der Waals surface area (Å²) in [6.45, 7) is 4.04. The van der Waals surface area contributed by atoms with E-state index in [4.69, 9.17) is 28.4 Å². The molecule has 3 fully saturated rings. The molecule has 2 saturated heterocycles. The molecule has 25 heavy (non-hydrogen) atoms. The summed E-state index contributed by atoms with van der Waals surface area (Å²) in [4.78, 5) is 0. The molecule has 3 aliphatic rings. The summed E-state index contributed by atoms with van der Waals surface area (Å²) in [5.41, 5.74) is 0. The Balaban J connectivity index is 1.22. The summed E-state index contributed by atoms with van der Waals surface area (Å²) >= 11 is 0. The van der Waals surface area contributed by atoms with Gasteiger partial charge in [-0.25, -0.2) is 0 Å². The van der Waals surface area contributed by atoms with Gasteiger partial charge in [0.25, 0.3) is 0 Å². The summed E-state index contributed by atoms with van der Waals surface area (Å²) in [6.07, 6.45) is 10.3. The predicted molar refractivity (Wildman–Crippen MR) is 92.4 cm³/mol. The molecule has 2 unspecified atom stereocenters. The van der Waals surface area contributed by atoms with Crippen LogP contribution >= 0.6 is 0 Å². The minimum Gasteiger partial charge on any atom is -0.373 e. The van der Waals surface area contributed by atoms with Gasteiger partial charge < -0.3 is 28.4 Å². The predicted octanol–water partition coefficient (Wildman–Crippen LogP) is 3.03.